The van der Waals surface area contributed by atoms with Crippen LogP contribution in [0.5, 0.6) is 5.75 Å². The zero-order valence-corrected chi connectivity index (χ0v) is 18.0. The van der Waals surface area contributed by atoms with Gasteiger partial charge in [0.15, 0.2) is 0 Å². The van der Waals surface area contributed by atoms with Crippen LogP contribution >= 0.6 is 0 Å². The van der Waals surface area contributed by atoms with Crippen LogP contribution < -0.4 is 10.1 Å². The van der Waals surface area contributed by atoms with Crippen molar-refractivity contribution in [2.75, 3.05) is 11.9 Å². The summed E-state index contributed by atoms with van der Waals surface area (Å²) in [6.45, 7) is 4.46. The highest BCUT2D eigenvalue weighted by atomic mass is 19.1. The maximum Gasteiger partial charge on any atom is 0.338 e. The fourth-order valence-corrected chi connectivity index (χ4v) is 3.71. The Bertz CT molecular complexity index is 1110. The number of carbonyl (C=O) groups is 1. The summed E-state index contributed by atoms with van der Waals surface area (Å²) in [6.07, 6.45) is 3.02. The Kier molecular flexibility index (Phi) is 6.49. The first-order chi connectivity index (χ1) is 15.6. The average Bonchev–Trinajstić information content (AvgIpc) is 3.27. The van der Waals surface area contributed by atoms with E-state index in [1.807, 2.05) is 24.3 Å². The minimum Gasteiger partial charge on any atom is -0.489 e. The van der Waals surface area contributed by atoms with Crippen LogP contribution in [-0.4, -0.2) is 27.3 Å². The van der Waals surface area contributed by atoms with Gasteiger partial charge in [-0.25, -0.2) is 13.9 Å². The summed E-state index contributed by atoms with van der Waals surface area (Å²) >= 11 is 0. The number of aromatic nitrogens is 3. The molecule has 8 heteroatoms. The molecule has 1 aliphatic heterocycles. The van der Waals surface area contributed by atoms with Crippen LogP contribution in [0.2, 0.25) is 0 Å². The molecular weight excluding hydrogens is 411 g/mol. The van der Waals surface area contributed by atoms with Gasteiger partial charge in [0, 0.05) is 5.70 Å². The van der Waals surface area contributed by atoms with Crippen molar-refractivity contribution in [2.45, 2.75) is 39.3 Å². The smallest absolute Gasteiger partial charge is 0.338 e. The third-order valence-corrected chi connectivity index (χ3v) is 5.19. The molecule has 1 aliphatic rings. The lowest BCUT2D eigenvalue weighted by Crippen LogP contribution is -2.30. The van der Waals surface area contributed by atoms with Gasteiger partial charge in [0.1, 0.15) is 30.5 Å². The molecule has 0 fully saturated rings. The van der Waals surface area contributed by atoms with Crippen molar-refractivity contribution in [3.05, 3.63) is 83.1 Å². The van der Waals surface area contributed by atoms with Gasteiger partial charge in [0.05, 0.1) is 12.2 Å². The van der Waals surface area contributed by atoms with Crippen LogP contribution in [0, 0.1) is 5.82 Å². The number of rotatable bonds is 8. The number of halogens is 1. The highest BCUT2D eigenvalue weighted by molar-refractivity contribution is 5.92. The highest BCUT2D eigenvalue weighted by Crippen LogP contribution is 2.37. The number of carbonyl (C=O) groups excluding carboxylic acids is 1. The standard InChI is InChI=1S/C24H25FN4O3/c1-3-5-20-21(23(30)31-4-2)22(29-24(28-20)26-15-27-29)17-8-12-19(13-9-17)32-14-16-6-10-18(25)11-7-16/h6-13,15,22H,3-5,14H2,1-2H3,(H,26,27,28)/t22-/m0/s1. The molecule has 32 heavy (non-hydrogen) atoms. The molecule has 2 aromatic carbocycles. The topological polar surface area (TPSA) is 78.3 Å². The fraction of sp³-hybridized carbons (Fsp3) is 0.292. The SMILES string of the molecule is CCCC1=C(C(=O)OCC)[C@H](c2ccc(OCc3ccc(F)cc3)cc2)n2ncnc2N1. The summed E-state index contributed by atoms with van der Waals surface area (Å²) in [5.41, 5.74) is 3.07. The zero-order valence-electron chi connectivity index (χ0n) is 18.0. The van der Waals surface area contributed by atoms with Crippen molar-refractivity contribution in [1.82, 2.24) is 14.8 Å². The first kappa shape index (κ1) is 21.5. The van der Waals surface area contributed by atoms with E-state index < -0.39 is 6.04 Å². The molecule has 0 bridgehead atoms. The Morgan fingerprint density at radius 3 is 2.56 bits per heavy atom. The summed E-state index contributed by atoms with van der Waals surface area (Å²) in [5.74, 6) is 0.607. The van der Waals surface area contributed by atoms with Gasteiger partial charge >= 0.3 is 5.97 Å². The summed E-state index contributed by atoms with van der Waals surface area (Å²) in [6, 6.07) is 13.2. The molecule has 0 saturated carbocycles. The minimum absolute atomic E-state index is 0.277. The van der Waals surface area contributed by atoms with E-state index in [-0.39, 0.29) is 18.4 Å². The maximum atomic E-state index is 13.1. The van der Waals surface area contributed by atoms with Gasteiger partial charge in [-0.15, -0.1) is 0 Å². The molecular formula is C24H25FN4O3. The van der Waals surface area contributed by atoms with Crippen molar-refractivity contribution in [3.63, 3.8) is 0 Å². The van der Waals surface area contributed by atoms with Crippen LogP contribution in [0.15, 0.2) is 66.1 Å². The molecule has 4 rings (SSSR count). The van der Waals surface area contributed by atoms with Crippen molar-refractivity contribution in [1.29, 1.82) is 0 Å². The van der Waals surface area contributed by atoms with Gasteiger partial charge in [0.25, 0.3) is 0 Å². The first-order valence-electron chi connectivity index (χ1n) is 10.6. The minimum atomic E-state index is -0.458. The maximum absolute atomic E-state index is 13.1. The lowest BCUT2D eigenvalue weighted by Gasteiger charge is -2.29. The molecule has 0 radical (unpaired) electrons. The second-order valence-electron chi connectivity index (χ2n) is 7.40. The largest absolute Gasteiger partial charge is 0.489 e. The van der Waals surface area contributed by atoms with E-state index in [9.17, 15) is 9.18 Å². The Morgan fingerprint density at radius 2 is 1.88 bits per heavy atom. The fourth-order valence-electron chi connectivity index (χ4n) is 3.71. The molecule has 1 aromatic heterocycles. The molecule has 2 heterocycles. The number of ether oxygens (including phenoxy) is 2. The number of benzene rings is 2. The Balaban J connectivity index is 1.62. The van der Waals surface area contributed by atoms with E-state index in [2.05, 4.69) is 22.3 Å². The van der Waals surface area contributed by atoms with Gasteiger partial charge < -0.3 is 14.8 Å². The van der Waals surface area contributed by atoms with Crippen LogP contribution in [0.25, 0.3) is 0 Å². The molecule has 166 valence electrons. The molecule has 0 saturated heterocycles. The molecule has 0 aliphatic carbocycles. The first-order valence-corrected chi connectivity index (χ1v) is 10.6. The Labute approximate surface area is 185 Å². The van der Waals surface area contributed by atoms with Crippen LogP contribution in [0.4, 0.5) is 10.3 Å². The average molecular weight is 436 g/mol. The van der Waals surface area contributed by atoms with Gasteiger partial charge in [-0.1, -0.05) is 37.6 Å². The van der Waals surface area contributed by atoms with Crippen molar-refractivity contribution < 1.29 is 18.7 Å². The second-order valence-corrected chi connectivity index (χ2v) is 7.40. The molecule has 0 amide bonds. The van der Waals surface area contributed by atoms with Gasteiger partial charge in [-0.2, -0.15) is 10.1 Å². The van der Waals surface area contributed by atoms with E-state index in [0.717, 1.165) is 23.2 Å². The quantitative estimate of drug-likeness (QED) is 0.519. The third-order valence-electron chi connectivity index (χ3n) is 5.19. The summed E-state index contributed by atoms with van der Waals surface area (Å²) < 4.78 is 26.0. The lowest BCUT2D eigenvalue weighted by atomic mass is 9.94. The van der Waals surface area contributed by atoms with E-state index in [4.69, 9.17) is 9.47 Å². The number of allylic oxidation sites excluding steroid dienone is 1. The van der Waals surface area contributed by atoms with Crippen molar-refractivity contribution in [2.24, 2.45) is 0 Å². The van der Waals surface area contributed by atoms with E-state index in [0.29, 0.717) is 30.3 Å². The number of hydrogen-bond acceptors (Lipinski definition) is 6. The predicted molar refractivity (Wildman–Crippen MR) is 118 cm³/mol. The Hall–Kier alpha value is -3.68. The van der Waals surface area contributed by atoms with Gasteiger partial charge in [-0.3, -0.25) is 0 Å². The molecule has 1 atom stereocenters. The van der Waals surface area contributed by atoms with Crippen molar-refractivity contribution in [3.8, 4) is 5.75 Å². The summed E-state index contributed by atoms with van der Waals surface area (Å²) in [4.78, 5) is 17.2. The molecule has 0 unspecified atom stereocenters. The summed E-state index contributed by atoms with van der Waals surface area (Å²) in [5, 5.41) is 7.58. The van der Waals surface area contributed by atoms with Crippen LogP contribution in [0.3, 0.4) is 0 Å². The zero-order chi connectivity index (χ0) is 22.5. The van der Waals surface area contributed by atoms with E-state index in [1.54, 1.807) is 23.7 Å². The monoisotopic (exact) mass is 436 g/mol. The lowest BCUT2D eigenvalue weighted by molar-refractivity contribution is -0.139. The highest BCUT2D eigenvalue weighted by Gasteiger charge is 2.35. The second kappa shape index (κ2) is 9.64. The third kappa shape index (κ3) is 4.49. The van der Waals surface area contributed by atoms with E-state index >= 15 is 0 Å². The normalized spacial score (nSPS) is 15.2. The molecule has 7 nitrogen and oxygen atoms in total. The van der Waals surface area contributed by atoms with Gasteiger partial charge in [-0.05, 0) is 48.7 Å². The van der Waals surface area contributed by atoms with Crippen molar-refractivity contribution >= 4 is 11.9 Å². The number of nitrogens with one attached hydrogen (secondary N) is 1. The number of fused-ring (bicyclic) bond motifs is 1. The summed E-state index contributed by atoms with van der Waals surface area (Å²) in [7, 11) is 0. The Morgan fingerprint density at radius 1 is 1.12 bits per heavy atom. The number of nitrogens with zero attached hydrogens (tertiary/aromatic N) is 3. The predicted octanol–water partition coefficient (Wildman–Crippen LogP) is 4.63. The van der Waals surface area contributed by atoms with Crippen LogP contribution in [-0.2, 0) is 16.1 Å². The van der Waals surface area contributed by atoms with Gasteiger partial charge in [0.2, 0.25) is 5.95 Å². The molecule has 3 aromatic rings. The molecule has 1 N–H and O–H groups in total. The number of hydrogen-bond donors (Lipinski definition) is 1. The molecule has 0 spiro atoms. The number of anilines is 1. The van der Waals surface area contributed by atoms with E-state index in [1.165, 1.54) is 18.5 Å². The number of esters is 1. The van der Waals surface area contributed by atoms with Crippen LogP contribution in [0.1, 0.15) is 43.9 Å².